The Morgan fingerprint density at radius 3 is 2.57 bits per heavy atom. The Hall–Kier alpha value is -0.910. The molecule has 0 heterocycles. The van der Waals surface area contributed by atoms with Gasteiger partial charge in [0.25, 0.3) is 0 Å². The number of rotatable bonds is 11. The van der Waals surface area contributed by atoms with Gasteiger partial charge in [0.2, 0.25) is 0 Å². The zero-order valence-electron chi connectivity index (χ0n) is 14.1. The van der Waals surface area contributed by atoms with Crippen molar-refractivity contribution in [2.75, 3.05) is 0 Å². The summed E-state index contributed by atoms with van der Waals surface area (Å²) in [6.07, 6.45) is 8.38. The van der Waals surface area contributed by atoms with Crippen LogP contribution in [-0.4, -0.2) is 44.7 Å². The fourth-order valence-corrected chi connectivity index (χ4v) is 3.39. The van der Waals surface area contributed by atoms with Gasteiger partial charge in [-0.2, -0.15) is 0 Å². The molecule has 0 saturated heterocycles. The molecule has 0 bridgehead atoms. The van der Waals surface area contributed by atoms with E-state index in [9.17, 15) is 20.1 Å². The number of aliphatic hydroxyl groups is 3. The maximum Gasteiger partial charge on any atom is 0.303 e. The van der Waals surface area contributed by atoms with E-state index in [2.05, 4.69) is 6.92 Å². The summed E-state index contributed by atoms with van der Waals surface area (Å²) in [5, 5.41) is 38.7. The van der Waals surface area contributed by atoms with E-state index in [1.165, 1.54) is 0 Å². The van der Waals surface area contributed by atoms with Crippen molar-refractivity contribution in [2.45, 2.75) is 83.0 Å². The van der Waals surface area contributed by atoms with Gasteiger partial charge in [-0.25, -0.2) is 0 Å². The lowest BCUT2D eigenvalue weighted by molar-refractivity contribution is -0.137. The lowest BCUT2D eigenvalue weighted by Gasteiger charge is -2.21. The molecule has 1 fully saturated rings. The van der Waals surface area contributed by atoms with E-state index in [-0.39, 0.29) is 18.3 Å². The molecule has 5 atom stereocenters. The molecule has 0 unspecified atom stereocenters. The van der Waals surface area contributed by atoms with Crippen LogP contribution in [0.15, 0.2) is 12.2 Å². The molecule has 0 amide bonds. The first-order valence-electron chi connectivity index (χ1n) is 8.90. The van der Waals surface area contributed by atoms with E-state index in [0.29, 0.717) is 25.7 Å². The van der Waals surface area contributed by atoms with E-state index in [0.717, 1.165) is 25.7 Å². The second-order valence-corrected chi connectivity index (χ2v) is 6.70. The van der Waals surface area contributed by atoms with Crippen LogP contribution in [0.1, 0.15) is 64.7 Å². The monoisotopic (exact) mass is 328 g/mol. The molecule has 0 aromatic carbocycles. The lowest BCUT2D eigenvalue weighted by Crippen LogP contribution is -2.21. The van der Waals surface area contributed by atoms with Gasteiger partial charge < -0.3 is 20.4 Å². The average Bonchev–Trinajstić information content (AvgIpc) is 2.75. The summed E-state index contributed by atoms with van der Waals surface area (Å²) in [7, 11) is 0. The minimum Gasteiger partial charge on any atom is -0.481 e. The molecular weight excluding hydrogens is 296 g/mol. The number of carbonyl (C=O) groups is 1. The summed E-state index contributed by atoms with van der Waals surface area (Å²) in [5.41, 5.74) is 0. The molecule has 23 heavy (non-hydrogen) atoms. The standard InChI is InChI=1S/C18H32O5/c1-2-3-4-8-14-15(17(21)12-16(14)20)11-10-13(19)7-5-6-9-18(22)23/h10-11,13-17,19-21H,2-9,12H2,1H3,(H,22,23)/b11-10+/t13-,14-,15+,16+,17-/m0/s1. The Labute approximate surface area is 139 Å². The van der Waals surface area contributed by atoms with Crippen LogP contribution in [-0.2, 0) is 4.79 Å². The van der Waals surface area contributed by atoms with Crippen molar-refractivity contribution in [3.05, 3.63) is 12.2 Å². The van der Waals surface area contributed by atoms with Crippen LogP contribution >= 0.6 is 0 Å². The zero-order chi connectivity index (χ0) is 17.2. The minimum atomic E-state index is -0.812. The fraction of sp³-hybridized carbons (Fsp3) is 0.833. The first-order valence-corrected chi connectivity index (χ1v) is 8.90. The van der Waals surface area contributed by atoms with Gasteiger partial charge in [-0.05, 0) is 31.6 Å². The molecular formula is C18H32O5. The van der Waals surface area contributed by atoms with Gasteiger partial charge in [0.1, 0.15) is 0 Å². The number of hydrogen-bond donors (Lipinski definition) is 4. The number of carboxylic acids is 1. The number of carboxylic acid groups (broad SMARTS) is 1. The average molecular weight is 328 g/mol. The largest absolute Gasteiger partial charge is 0.481 e. The fourth-order valence-electron chi connectivity index (χ4n) is 3.39. The molecule has 4 N–H and O–H groups in total. The highest BCUT2D eigenvalue weighted by molar-refractivity contribution is 5.66. The van der Waals surface area contributed by atoms with Gasteiger partial charge in [0, 0.05) is 18.8 Å². The lowest BCUT2D eigenvalue weighted by atomic mass is 9.88. The highest BCUT2D eigenvalue weighted by atomic mass is 16.4. The van der Waals surface area contributed by atoms with Gasteiger partial charge in [0.05, 0.1) is 18.3 Å². The summed E-state index contributed by atoms with van der Waals surface area (Å²) in [4.78, 5) is 10.4. The van der Waals surface area contributed by atoms with Crippen LogP contribution in [0.2, 0.25) is 0 Å². The number of unbranched alkanes of at least 4 members (excludes halogenated alkanes) is 3. The van der Waals surface area contributed by atoms with E-state index in [1.54, 1.807) is 6.08 Å². The first-order chi connectivity index (χ1) is 11.0. The van der Waals surface area contributed by atoms with Crippen molar-refractivity contribution in [1.82, 2.24) is 0 Å². The predicted octanol–water partition coefficient (Wildman–Crippen LogP) is 2.49. The van der Waals surface area contributed by atoms with Crippen LogP contribution in [0.4, 0.5) is 0 Å². The first kappa shape index (κ1) is 20.1. The normalized spacial score (nSPS) is 29.2. The van der Waals surface area contributed by atoms with Crippen molar-refractivity contribution >= 4 is 5.97 Å². The van der Waals surface area contributed by atoms with Gasteiger partial charge >= 0.3 is 5.97 Å². The Morgan fingerprint density at radius 2 is 1.91 bits per heavy atom. The third-order valence-corrected chi connectivity index (χ3v) is 4.75. The van der Waals surface area contributed by atoms with Crippen molar-refractivity contribution in [3.63, 3.8) is 0 Å². The van der Waals surface area contributed by atoms with E-state index in [4.69, 9.17) is 5.11 Å². The van der Waals surface area contributed by atoms with Crippen LogP contribution in [0, 0.1) is 11.8 Å². The Balaban J connectivity index is 2.42. The van der Waals surface area contributed by atoms with Gasteiger partial charge in [-0.1, -0.05) is 38.3 Å². The molecule has 1 saturated carbocycles. The quantitative estimate of drug-likeness (QED) is 0.345. The maximum absolute atomic E-state index is 10.4. The molecule has 5 heteroatoms. The van der Waals surface area contributed by atoms with Crippen molar-refractivity contribution in [1.29, 1.82) is 0 Å². The maximum atomic E-state index is 10.4. The molecule has 134 valence electrons. The highest BCUT2D eigenvalue weighted by Crippen LogP contribution is 2.37. The summed E-state index contributed by atoms with van der Waals surface area (Å²) in [6.45, 7) is 2.14. The molecule has 1 aliphatic rings. The highest BCUT2D eigenvalue weighted by Gasteiger charge is 2.39. The van der Waals surface area contributed by atoms with E-state index >= 15 is 0 Å². The molecule has 0 aromatic heterocycles. The Kier molecular flexibility index (Phi) is 9.44. The van der Waals surface area contributed by atoms with Gasteiger partial charge in [-0.15, -0.1) is 0 Å². The van der Waals surface area contributed by atoms with Crippen molar-refractivity contribution in [2.24, 2.45) is 11.8 Å². The van der Waals surface area contributed by atoms with Crippen molar-refractivity contribution < 1.29 is 25.2 Å². The second-order valence-electron chi connectivity index (χ2n) is 6.70. The van der Waals surface area contributed by atoms with Gasteiger partial charge in [-0.3, -0.25) is 4.79 Å². The van der Waals surface area contributed by atoms with E-state index < -0.39 is 24.3 Å². The summed E-state index contributed by atoms with van der Waals surface area (Å²) in [6, 6.07) is 0. The molecule has 1 aliphatic carbocycles. The smallest absolute Gasteiger partial charge is 0.303 e. The third-order valence-electron chi connectivity index (χ3n) is 4.75. The molecule has 1 rings (SSSR count). The molecule has 0 radical (unpaired) electrons. The predicted molar refractivity (Wildman–Crippen MR) is 89.0 cm³/mol. The second kappa shape index (κ2) is 10.8. The topological polar surface area (TPSA) is 98.0 Å². The van der Waals surface area contributed by atoms with Gasteiger partial charge in [0.15, 0.2) is 0 Å². The minimum absolute atomic E-state index is 0.0620. The third kappa shape index (κ3) is 7.46. The SMILES string of the molecule is CCCCC[C@H]1[C@@H](/C=C/[C@@H](O)CCCCC(=O)O)[C@@H](O)C[C@H]1O. The zero-order valence-corrected chi connectivity index (χ0v) is 14.1. The number of hydrogen-bond acceptors (Lipinski definition) is 4. The summed E-state index contributed by atoms with van der Waals surface area (Å²) < 4.78 is 0. The molecule has 0 aliphatic heterocycles. The number of aliphatic hydroxyl groups excluding tert-OH is 3. The molecule has 0 spiro atoms. The molecule has 0 aromatic rings. The molecule has 5 nitrogen and oxygen atoms in total. The van der Waals surface area contributed by atoms with E-state index in [1.807, 2.05) is 6.08 Å². The van der Waals surface area contributed by atoms with Crippen molar-refractivity contribution in [3.8, 4) is 0 Å². The summed E-state index contributed by atoms with van der Waals surface area (Å²) in [5.74, 6) is -0.851. The Morgan fingerprint density at radius 1 is 1.17 bits per heavy atom. The Bertz CT molecular complexity index is 368. The van der Waals surface area contributed by atoms with Crippen LogP contribution in [0.5, 0.6) is 0 Å². The summed E-state index contributed by atoms with van der Waals surface area (Å²) >= 11 is 0. The van der Waals surface area contributed by atoms with Crippen LogP contribution in [0.3, 0.4) is 0 Å². The number of aliphatic carboxylic acids is 1. The van der Waals surface area contributed by atoms with Crippen LogP contribution in [0.25, 0.3) is 0 Å². The van der Waals surface area contributed by atoms with Crippen LogP contribution < -0.4 is 0 Å².